The van der Waals surface area contributed by atoms with Crippen molar-refractivity contribution in [2.45, 2.75) is 117 Å². The number of rotatable bonds is 28. The van der Waals surface area contributed by atoms with E-state index >= 15 is 0 Å². The first-order chi connectivity index (χ1) is 25.6. The summed E-state index contributed by atoms with van der Waals surface area (Å²) in [5, 5.41) is 3.62. The minimum absolute atomic E-state index is 0.0695. The summed E-state index contributed by atoms with van der Waals surface area (Å²) in [4.78, 5) is 25.7. The van der Waals surface area contributed by atoms with Gasteiger partial charge in [-0.3, -0.25) is 9.59 Å². The largest absolute Gasteiger partial charge is 0.488 e. The van der Waals surface area contributed by atoms with Crippen LogP contribution in [0.15, 0.2) is 66.8 Å². The van der Waals surface area contributed by atoms with Gasteiger partial charge in [0, 0.05) is 39.4 Å². The van der Waals surface area contributed by atoms with Gasteiger partial charge in [-0.05, 0) is 44.9 Å². The van der Waals surface area contributed by atoms with Crippen LogP contribution in [0.5, 0.6) is 11.5 Å². The Bertz CT molecular complexity index is 1600. The maximum atomic E-state index is 12.9. The van der Waals surface area contributed by atoms with Crippen molar-refractivity contribution < 1.29 is 38.0 Å². The number of carbonyl (C=O) groups excluding carboxylic acids is 2. The van der Waals surface area contributed by atoms with Gasteiger partial charge < -0.3 is 28.4 Å². The molecule has 3 aromatic rings. The molecule has 0 radical (unpaired) electrons. The molecule has 292 valence electrons. The summed E-state index contributed by atoms with van der Waals surface area (Å²) >= 11 is 6.57. The van der Waals surface area contributed by atoms with Crippen LogP contribution < -0.4 is 9.47 Å². The van der Waals surface area contributed by atoms with Crippen LogP contribution in [0.25, 0.3) is 21.5 Å². The van der Waals surface area contributed by atoms with Crippen molar-refractivity contribution in [3.63, 3.8) is 0 Å². The van der Waals surface area contributed by atoms with E-state index in [1.54, 1.807) is 6.07 Å². The molecule has 2 unspecified atom stereocenters. The monoisotopic (exact) mass is 752 g/mol. The average Bonchev–Trinajstić information content (AvgIpc) is 3.12. The van der Waals surface area contributed by atoms with Gasteiger partial charge in [0.2, 0.25) is 0 Å². The molecule has 0 N–H and O–H groups in total. The fourth-order valence-corrected chi connectivity index (χ4v) is 6.10. The smallest absolute Gasteiger partial charge is 0.306 e. The van der Waals surface area contributed by atoms with Gasteiger partial charge in [0.05, 0.1) is 26.4 Å². The molecule has 0 spiro atoms. The van der Waals surface area contributed by atoms with Gasteiger partial charge in [0.15, 0.2) is 12.2 Å². The van der Waals surface area contributed by atoms with Crippen molar-refractivity contribution in [1.82, 2.24) is 0 Å². The highest BCUT2D eigenvalue weighted by molar-refractivity contribution is 6.31. The maximum Gasteiger partial charge on any atom is 0.306 e. The fourth-order valence-electron chi connectivity index (χ4n) is 5.93. The molecule has 9 heteroatoms. The third kappa shape index (κ3) is 16.1. The third-order valence-electron chi connectivity index (χ3n) is 8.58. The van der Waals surface area contributed by atoms with Gasteiger partial charge in [-0.2, -0.15) is 0 Å². The molecule has 53 heavy (non-hydrogen) atoms. The van der Waals surface area contributed by atoms with Gasteiger partial charge >= 0.3 is 11.9 Å². The number of ether oxygens (including phenoxy) is 6. The molecule has 0 saturated heterocycles. The summed E-state index contributed by atoms with van der Waals surface area (Å²) in [6.45, 7) is 17.1. The minimum Gasteiger partial charge on any atom is -0.488 e. The Balaban J connectivity index is 1.86. The lowest BCUT2D eigenvalue weighted by molar-refractivity contribution is -0.154. The first-order valence-electron chi connectivity index (χ1n) is 19.4. The van der Waals surface area contributed by atoms with Gasteiger partial charge in [-0.15, -0.1) is 0 Å². The Morgan fingerprint density at radius 3 is 1.49 bits per heavy atom. The molecule has 0 aromatic heterocycles. The number of halogens is 1. The first-order valence-corrected chi connectivity index (χ1v) is 19.7. The molecule has 3 aromatic carbocycles. The topological polar surface area (TPSA) is 89.5 Å². The average molecular weight is 753 g/mol. The number of hydrogen-bond donors (Lipinski definition) is 0. The lowest BCUT2D eigenvalue weighted by Crippen LogP contribution is -2.30. The minimum atomic E-state index is -0.636. The molecule has 0 saturated carbocycles. The van der Waals surface area contributed by atoms with Crippen molar-refractivity contribution in [2.75, 3.05) is 39.6 Å². The Labute approximate surface area is 322 Å². The summed E-state index contributed by atoms with van der Waals surface area (Å²) in [7, 11) is 0. The lowest BCUT2D eigenvalue weighted by atomic mass is 10.0. The van der Waals surface area contributed by atoms with E-state index in [-0.39, 0.29) is 38.4 Å². The zero-order valence-electron chi connectivity index (χ0n) is 32.5. The van der Waals surface area contributed by atoms with Crippen LogP contribution in [-0.4, -0.2) is 63.8 Å². The molecule has 0 heterocycles. The number of fused-ring (bicyclic) bond motifs is 2. The van der Waals surface area contributed by atoms with E-state index in [2.05, 4.69) is 27.0 Å². The van der Waals surface area contributed by atoms with E-state index in [0.717, 1.165) is 96.9 Å². The molecule has 8 nitrogen and oxygen atoms in total. The van der Waals surface area contributed by atoms with E-state index in [1.807, 2.05) is 50.2 Å². The Morgan fingerprint density at radius 2 is 1.04 bits per heavy atom. The van der Waals surface area contributed by atoms with Crippen LogP contribution in [0.3, 0.4) is 0 Å². The number of hydrogen-bond acceptors (Lipinski definition) is 8. The van der Waals surface area contributed by atoms with Crippen LogP contribution >= 0.6 is 11.6 Å². The summed E-state index contributed by atoms with van der Waals surface area (Å²) in [5.41, 5.74) is 1.74. The van der Waals surface area contributed by atoms with Crippen LogP contribution in [0.4, 0.5) is 0 Å². The Kier molecular flexibility index (Phi) is 20.4. The molecule has 0 aliphatic heterocycles. The highest BCUT2D eigenvalue weighted by atomic mass is 35.5. The highest BCUT2D eigenvalue weighted by Crippen LogP contribution is 2.44. The summed E-state index contributed by atoms with van der Waals surface area (Å²) in [6.07, 6.45) is 9.82. The predicted molar refractivity (Wildman–Crippen MR) is 215 cm³/mol. The fraction of sp³-hybridized carbons (Fsp3) is 0.545. The molecular weight excluding hydrogens is 692 g/mol. The third-order valence-corrected chi connectivity index (χ3v) is 8.82. The van der Waals surface area contributed by atoms with Crippen molar-refractivity contribution >= 4 is 45.1 Å². The van der Waals surface area contributed by atoms with Crippen molar-refractivity contribution in [3.8, 4) is 11.5 Å². The van der Waals surface area contributed by atoms with Crippen LogP contribution in [0, 0.1) is 0 Å². The highest BCUT2D eigenvalue weighted by Gasteiger charge is 2.23. The van der Waals surface area contributed by atoms with Crippen LogP contribution in [-0.2, 0) is 28.5 Å². The molecular formula is C44H61ClO8. The number of esters is 2. The van der Waals surface area contributed by atoms with Gasteiger partial charge in [-0.1, -0.05) is 125 Å². The zero-order valence-corrected chi connectivity index (χ0v) is 33.2. The lowest BCUT2D eigenvalue weighted by Gasteiger charge is -2.23. The van der Waals surface area contributed by atoms with Crippen molar-refractivity contribution in [1.29, 1.82) is 0 Å². The van der Waals surface area contributed by atoms with Gasteiger partial charge in [0.1, 0.15) is 24.7 Å². The number of carbonyl (C=O) groups is 2. The first kappa shape index (κ1) is 43.8. The standard InChI is InChI=1S/C44H61ClO8/c1-7-9-11-13-15-21-41(46)52-35(28-48-26-32(3)4)30-50-43-37-19-17-18-20-38(37)44(40-25-34(45)23-24-39(40)43)51-31-36(29-49-27-33(5)6)53-42(47)22-16-14-12-10-8-2/h17-20,23-25,35-36H,3,5,7-16,21-22,26-31H2,1-2,4,6H3. The molecule has 2 atom stereocenters. The predicted octanol–water partition coefficient (Wildman–Crippen LogP) is 11.1. The second-order valence-corrected chi connectivity index (χ2v) is 14.4. The molecule has 0 aliphatic rings. The summed E-state index contributed by atoms with van der Waals surface area (Å²) in [5.74, 6) is 0.658. The Morgan fingerprint density at radius 1 is 0.604 bits per heavy atom. The SMILES string of the molecule is C=C(C)COCC(COc1c2ccccc2c(OCC(COCC(=C)C)OC(=O)CCCCCCC)c2cc(Cl)ccc12)OC(=O)CCCCCCC. The Hall–Kier alpha value is -3.59. The van der Waals surface area contributed by atoms with E-state index in [9.17, 15) is 9.59 Å². The van der Waals surface area contributed by atoms with Crippen LogP contribution in [0.2, 0.25) is 5.02 Å². The quantitative estimate of drug-likeness (QED) is 0.0313. The zero-order chi connectivity index (χ0) is 38.4. The normalized spacial score (nSPS) is 12.4. The second kappa shape index (κ2) is 24.7. The molecule has 0 bridgehead atoms. The van der Waals surface area contributed by atoms with Gasteiger partial charge in [-0.25, -0.2) is 0 Å². The van der Waals surface area contributed by atoms with E-state index in [1.165, 1.54) is 0 Å². The summed E-state index contributed by atoms with van der Waals surface area (Å²) < 4.78 is 36.5. The second-order valence-electron chi connectivity index (χ2n) is 14.0. The van der Waals surface area contributed by atoms with Crippen molar-refractivity contribution in [2.24, 2.45) is 0 Å². The van der Waals surface area contributed by atoms with Gasteiger partial charge in [0.25, 0.3) is 0 Å². The molecule has 0 fully saturated rings. The molecule has 0 amide bonds. The van der Waals surface area contributed by atoms with Crippen LogP contribution in [0.1, 0.15) is 105 Å². The molecule has 0 aliphatic carbocycles. The van der Waals surface area contributed by atoms with E-state index in [0.29, 0.717) is 42.6 Å². The van der Waals surface area contributed by atoms with E-state index < -0.39 is 12.2 Å². The molecule has 3 rings (SSSR count). The number of unbranched alkanes of at least 4 members (excludes halogenated alkanes) is 8. The maximum absolute atomic E-state index is 12.9. The van der Waals surface area contributed by atoms with Crippen molar-refractivity contribution in [3.05, 3.63) is 71.8 Å². The number of benzene rings is 3. The van der Waals surface area contributed by atoms with E-state index in [4.69, 9.17) is 40.0 Å². The summed E-state index contributed by atoms with van der Waals surface area (Å²) in [6, 6.07) is 13.3.